The third-order valence-electron chi connectivity index (χ3n) is 6.34. The zero-order valence-electron chi connectivity index (χ0n) is 18.2. The number of cyclic esters (lactones) is 1. The minimum absolute atomic E-state index is 0.159. The fourth-order valence-corrected chi connectivity index (χ4v) is 3.95. The van der Waals surface area contributed by atoms with Gasteiger partial charge in [-0.3, -0.25) is 9.59 Å². The van der Waals surface area contributed by atoms with Crippen LogP contribution in [0.5, 0.6) is 0 Å². The van der Waals surface area contributed by atoms with E-state index in [0.29, 0.717) is 12.8 Å². The molecule has 1 aliphatic rings. The molecule has 0 aromatic rings. The van der Waals surface area contributed by atoms with E-state index in [1.165, 1.54) is 13.8 Å². The molecule has 0 aliphatic carbocycles. The van der Waals surface area contributed by atoms with Crippen LogP contribution in [0.4, 0.5) is 0 Å². The summed E-state index contributed by atoms with van der Waals surface area (Å²) in [5, 5.41) is 30.3. The predicted molar refractivity (Wildman–Crippen MR) is 106 cm³/mol. The summed E-state index contributed by atoms with van der Waals surface area (Å²) in [6, 6.07) is 0. The third kappa shape index (κ3) is 5.39. The maximum absolute atomic E-state index is 12.5. The molecule has 0 amide bonds. The standard InChI is InChI=1S/C21H37NO6/c1-8-16-21(6,26)18(24)14(4)17(22)12(2)11-20(5,27-7)10-9-15(23)13(3)19(25)28-16/h12-14,16,18,22,24,26H,8-11H2,1-7H3/t12-,13-,14+,16-,18-,20+,21-/m1/s1. The monoisotopic (exact) mass is 399 g/mol. The predicted octanol–water partition coefficient (Wildman–Crippen LogP) is 2.51. The number of aliphatic hydroxyl groups excluding tert-OH is 1. The normalized spacial score (nSPS) is 42.0. The van der Waals surface area contributed by atoms with Gasteiger partial charge in [-0.25, -0.2) is 0 Å². The van der Waals surface area contributed by atoms with Gasteiger partial charge in [-0.2, -0.15) is 0 Å². The molecule has 0 bridgehead atoms. The second-order valence-electron chi connectivity index (χ2n) is 8.70. The highest BCUT2D eigenvalue weighted by Crippen LogP contribution is 2.33. The smallest absolute Gasteiger partial charge is 0.316 e. The van der Waals surface area contributed by atoms with Gasteiger partial charge in [-0.1, -0.05) is 20.8 Å². The van der Waals surface area contributed by atoms with E-state index in [9.17, 15) is 19.8 Å². The van der Waals surface area contributed by atoms with Gasteiger partial charge in [0, 0.05) is 25.2 Å². The number of carbonyl (C=O) groups excluding carboxylic acids is 2. The van der Waals surface area contributed by atoms with E-state index in [-0.39, 0.29) is 30.3 Å². The first-order valence-electron chi connectivity index (χ1n) is 10.1. The van der Waals surface area contributed by atoms with Crippen molar-refractivity contribution < 1.29 is 29.3 Å². The van der Waals surface area contributed by atoms with Gasteiger partial charge in [0.2, 0.25) is 0 Å². The number of Topliss-reactive ketones (excluding diaryl/α,β-unsaturated/α-hetero) is 1. The lowest BCUT2D eigenvalue weighted by Crippen LogP contribution is -2.56. The molecule has 3 N–H and O–H groups in total. The number of ether oxygens (including phenoxy) is 2. The summed E-state index contributed by atoms with van der Waals surface area (Å²) in [7, 11) is 1.57. The van der Waals surface area contributed by atoms with Crippen molar-refractivity contribution in [2.45, 2.75) is 90.6 Å². The molecule has 7 nitrogen and oxygen atoms in total. The topological polar surface area (TPSA) is 117 Å². The Hall–Kier alpha value is -1.31. The summed E-state index contributed by atoms with van der Waals surface area (Å²) >= 11 is 0. The van der Waals surface area contributed by atoms with E-state index in [1.54, 1.807) is 21.0 Å². The Labute approximate surface area is 168 Å². The number of rotatable bonds is 2. The van der Waals surface area contributed by atoms with Gasteiger partial charge < -0.3 is 25.1 Å². The summed E-state index contributed by atoms with van der Waals surface area (Å²) in [5.41, 5.74) is -2.12. The molecular formula is C21H37NO6. The van der Waals surface area contributed by atoms with Crippen LogP contribution < -0.4 is 0 Å². The van der Waals surface area contributed by atoms with Crippen molar-refractivity contribution in [2.24, 2.45) is 17.8 Å². The Bertz CT molecular complexity index is 589. The average Bonchev–Trinajstić information content (AvgIpc) is 2.66. The van der Waals surface area contributed by atoms with Crippen LogP contribution >= 0.6 is 0 Å². The Morgan fingerprint density at radius 3 is 2.32 bits per heavy atom. The van der Waals surface area contributed by atoms with Crippen LogP contribution in [-0.4, -0.2) is 58.2 Å². The van der Waals surface area contributed by atoms with Crippen LogP contribution in [0.3, 0.4) is 0 Å². The maximum atomic E-state index is 12.5. The highest BCUT2D eigenvalue weighted by molar-refractivity contribution is 5.98. The van der Waals surface area contributed by atoms with Gasteiger partial charge in [0.05, 0.1) is 11.7 Å². The number of ketones is 1. The molecule has 1 aliphatic heterocycles. The lowest BCUT2D eigenvalue weighted by atomic mass is 9.76. The number of aliphatic hydroxyl groups is 2. The van der Waals surface area contributed by atoms with Crippen molar-refractivity contribution >= 4 is 17.5 Å². The zero-order valence-corrected chi connectivity index (χ0v) is 18.2. The van der Waals surface area contributed by atoms with Crippen molar-refractivity contribution in [1.82, 2.24) is 0 Å². The van der Waals surface area contributed by atoms with Crippen LogP contribution in [-0.2, 0) is 19.1 Å². The van der Waals surface area contributed by atoms with Crippen LogP contribution in [0, 0.1) is 23.2 Å². The molecular weight excluding hydrogens is 362 g/mol. The van der Waals surface area contributed by atoms with Crippen LogP contribution in [0.25, 0.3) is 0 Å². The molecule has 0 aromatic carbocycles. The molecule has 0 saturated carbocycles. The first-order valence-corrected chi connectivity index (χ1v) is 10.1. The Morgan fingerprint density at radius 1 is 1.25 bits per heavy atom. The van der Waals surface area contributed by atoms with Crippen molar-refractivity contribution in [2.75, 3.05) is 7.11 Å². The number of nitrogens with one attached hydrogen (secondary N) is 1. The molecule has 1 heterocycles. The van der Waals surface area contributed by atoms with Gasteiger partial charge in [-0.05, 0) is 46.0 Å². The van der Waals surface area contributed by atoms with Gasteiger partial charge in [0.25, 0.3) is 0 Å². The van der Waals surface area contributed by atoms with Crippen LogP contribution in [0.1, 0.15) is 67.2 Å². The Balaban J connectivity index is 3.32. The van der Waals surface area contributed by atoms with Gasteiger partial charge in [-0.15, -0.1) is 0 Å². The lowest BCUT2D eigenvalue weighted by molar-refractivity contribution is -0.186. The second kappa shape index (κ2) is 9.46. The van der Waals surface area contributed by atoms with E-state index in [2.05, 4.69) is 0 Å². The zero-order chi connectivity index (χ0) is 21.9. The van der Waals surface area contributed by atoms with E-state index in [4.69, 9.17) is 14.9 Å². The first-order chi connectivity index (χ1) is 12.8. The lowest BCUT2D eigenvalue weighted by Gasteiger charge is -2.40. The fourth-order valence-electron chi connectivity index (χ4n) is 3.95. The first kappa shape index (κ1) is 24.7. The summed E-state index contributed by atoms with van der Waals surface area (Å²) in [4.78, 5) is 25.0. The van der Waals surface area contributed by atoms with Crippen molar-refractivity contribution in [1.29, 1.82) is 5.41 Å². The number of hydrogen-bond donors (Lipinski definition) is 3. The largest absolute Gasteiger partial charge is 0.459 e. The molecule has 7 atom stereocenters. The van der Waals surface area contributed by atoms with Gasteiger partial charge >= 0.3 is 5.97 Å². The number of methoxy groups -OCH3 is 1. The maximum Gasteiger partial charge on any atom is 0.316 e. The Morgan fingerprint density at radius 2 is 1.82 bits per heavy atom. The molecule has 0 spiro atoms. The number of hydrogen-bond acceptors (Lipinski definition) is 7. The molecule has 1 saturated heterocycles. The molecule has 0 radical (unpaired) electrons. The molecule has 7 heteroatoms. The number of carbonyl (C=O) groups is 2. The quantitative estimate of drug-likeness (QED) is 0.485. The molecule has 1 fully saturated rings. The Kier molecular flexibility index (Phi) is 8.35. The summed E-state index contributed by atoms with van der Waals surface area (Å²) in [6.45, 7) is 10.1. The van der Waals surface area contributed by atoms with Crippen molar-refractivity contribution in [3.8, 4) is 0 Å². The summed E-state index contributed by atoms with van der Waals surface area (Å²) < 4.78 is 11.1. The minimum Gasteiger partial charge on any atom is -0.459 e. The highest BCUT2D eigenvalue weighted by Gasteiger charge is 2.46. The van der Waals surface area contributed by atoms with Gasteiger partial charge in [0.1, 0.15) is 23.4 Å². The average molecular weight is 400 g/mol. The SMILES string of the molecule is CC[C@H]1OC(=O)[C@H](C)C(=O)CC[C@](C)(OC)C[C@@H](C)C(=N)[C@H](C)[C@@H](O)[C@]1(C)O. The third-order valence-corrected chi connectivity index (χ3v) is 6.34. The van der Waals surface area contributed by atoms with Gasteiger partial charge in [0.15, 0.2) is 0 Å². The molecule has 1 rings (SSSR count). The highest BCUT2D eigenvalue weighted by atomic mass is 16.6. The van der Waals surface area contributed by atoms with Crippen molar-refractivity contribution in [3.05, 3.63) is 0 Å². The van der Waals surface area contributed by atoms with E-state index in [1.807, 2.05) is 13.8 Å². The summed E-state index contributed by atoms with van der Waals surface area (Å²) in [6.07, 6.45) is -0.945. The van der Waals surface area contributed by atoms with Crippen molar-refractivity contribution in [3.63, 3.8) is 0 Å². The molecule has 0 aromatic heterocycles. The molecule has 0 unspecified atom stereocenters. The molecule has 28 heavy (non-hydrogen) atoms. The van der Waals surface area contributed by atoms with E-state index in [0.717, 1.165) is 0 Å². The second-order valence-corrected chi connectivity index (χ2v) is 8.70. The van der Waals surface area contributed by atoms with Crippen LogP contribution in [0.15, 0.2) is 0 Å². The molecule has 162 valence electrons. The van der Waals surface area contributed by atoms with E-state index >= 15 is 0 Å². The fraction of sp³-hybridized carbons (Fsp3) is 0.857. The van der Waals surface area contributed by atoms with E-state index < -0.39 is 41.2 Å². The summed E-state index contributed by atoms with van der Waals surface area (Å²) in [5.74, 6) is -2.78. The van der Waals surface area contributed by atoms with Crippen LogP contribution in [0.2, 0.25) is 0 Å². The minimum atomic E-state index is -1.76. The number of esters is 1.